The maximum Gasteiger partial charge on any atom is 0.330 e. The quantitative estimate of drug-likeness (QED) is 0.0712. The summed E-state index contributed by atoms with van der Waals surface area (Å²) in [6.07, 6.45) is 5.75. The highest BCUT2D eigenvalue weighted by Crippen LogP contribution is 2.35. The molecular weight excluding hydrogens is 718 g/mol. The molecule has 3 aliphatic rings. The summed E-state index contributed by atoms with van der Waals surface area (Å²) < 4.78 is 18.6. The average Bonchev–Trinajstić information content (AvgIpc) is 3.55. The first kappa shape index (κ1) is 45.0. The van der Waals surface area contributed by atoms with E-state index in [4.69, 9.17) is 19.9 Å². The van der Waals surface area contributed by atoms with Crippen molar-refractivity contribution in [3.63, 3.8) is 0 Å². The molecule has 12 atom stereocenters. The van der Waals surface area contributed by atoms with E-state index in [1.807, 2.05) is 0 Å². The number of aliphatic carboxylic acids is 1. The van der Waals surface area contributed by atoms with Gasteiger partial charge >= 0.3 is 11.7 Å². The molecule has 1 aromatic rings. The van der Waals surface area contributed by atoms with Gasteiger partial charge in [-0.05, 0) is 6.42 Å². The number of carbonyl (C=O) groups is 2. The fourth-order valence-electron chi connectivity index (χ4n) is 8.15. The van der Waals surface area contributed by atoms with Crippen LogP contribution in [0.25, 0.3) is 0 Å². The first-order valence-corrected chi connectivity index (χ1v) is 20.3. The zero-order valence-electron chi connectivity index (χ0n) is 32.4. The zero-order valence-corrected chi connectivity index (χ0v) is 32.4. The van der Waals surface area contributed by atoms with Crippen LogP contribution in [0.5, 0.6) is 0 Å². The van der Waals surface area contributed by atoms with Gasteiger partial charge in [0.1, 0.15) is 54.8 Å². The molecule has 0 bridgehead atoms. The third-order valence-corrected chi connectivity index (χ3v) is 11.4. The fourth-order valence-corrected chi connectivity index (χ4v) is 8.15. The van der Waals surface area contributed by atoms with E-state index in [2.05, 4.69) is 17.2 Å². The van der Waals surface area contributed by atoms with E-state index in [0.717, 1.165) is 47.4 Å². The van der Waals surface area contributed by atoms with Gasteiger partial charge in [-0.15, -0.1) is 0 Å². The Bertz CT molecular complexity index is 1440. The largest absolute Gasteiger partial charge is 0.480 e. The highest BCUT2D eigenvalue weighted by molar-refractivity contribution is 5.88. The molecule has 0 aliphatic carbocycles. The summed E-state index contributed by atoms with van der Waals surface area (Å²) in [5.74, 6) is -2.41. The summed E-state index contributed by atoms with van der Waals surface area (Å²) in [6, 6.07) is -1.57. The van der Waals surface area contributed by atoms with Crippen molar-refractivity contribution in [1.29, 1.82) is 0 Å². The number of ether oxygens (including phenoxy) is 3. The van der Waals surface area contributed by atoms with E-state index in [1.54, 1.807) is 0 Å². The van der Waals surface area contributed by atoms with Crippen LogP contribution >= 0.6 is 0 Å². The predicted octanol–water partition coefficient (Wildman–Crippen LogP) is 0.708. The Labute approximate surface area is 322 Å². The number of aromatic nitrogens is 2. The number of likely N-dealkylation sites (N-methyl/N-ethyl adjacent to an activating group) is 1. The van der Waals surface area contributed by atoms with Crippen LogP contribution in [0.2, 0.25) is 0 Å². The lowest BCUT2D eigenvalue weighted by Crippen LogP contribution is -2.59. The third-order valence-electron chi connectivity index (χ3n) is 11.4. The van der Waals surface area contributed by atoms with E-state index in [0.29, 0.717) is 6.42 Å². The molecule has 0 radical (unpaired) electrons. The van der Waals surface area contributed by atoms with Crippen LogP contribution < -0.4 is 22.3 Å². The lowest BCUT2D eigenvalue weighted by molar-refractivity contribution is -0.227. The maximum absolute atomic E-state index is 14.1. The monoisotopic (exact) mass is 783 g/mol. The van der Waals surface area contributed by atoms with E-state index in [9.17, 15) is 44.7 Å². The second-order valence-corrected chi connectivity index (χ2v) is 15.5. The second kappa shape index (κ2) is 22.3. The molecule has 3 fully saturated rings. The lowest BCUT2D eigenvalue weighted by Gasteiger charge is -2.35. The first-order valence-electron chi connectivity index (χ1n) is 20.3. The van der Waals surface area contributed by atoms with Gasteiger partial charge in [0.05, 0.1) is 0 Å². The molecule has 55 heavy (non-hydrogen) atoms. The SMILES string of the molecule is CCCCCCCCCCCCCCCCC[C@H]1CN[C@@H]([C@H](O[C@@H]2O[C@H](CN)[C@@H](O)[C@H]2O)[C@H]2O[C@@H](n3ccc(=O)[nH]c3=O)[C@H](O)[C@@H]2O)C(=O)N(C)[C@@H]1C(=O)O. The molecule has 3 saturated heterocycles. The van der Waals surface area contributed by atoms with Gasteiger partial charge in [-0.25, -0.2) is 9.59 Å². The summed E-state index contributed by atoms with van der Waals surface area (Å²) in [7, 11) is 1.37. The molecule has 1 amide bonds. The molecule has 0 saturated carbocycles. The van der Waals surface area contributed by atoms with Crippen LogP contribution in [-0.4, -0.2) is 133 Å². The normalized spacial score (nSPS) is 31.9. The van der Waals surface area contributed by atoms with Crippen LogP contribution in [0, 0.1) is 5.92 Å². The molecule has 17 heteroatoms. The molecule has 1 aromatic heterocycles. The number of amides is 1. The number of H-pyrrole nitrogens is 1. The number of aliphatic hydroxyl groups excluding tert-OH is 4. The summed E-state index contributed by atoms with van der Waals surface area (Å²) in [4.78, 5) is 54.2. The van der Waals surface area contributed by atoms with Crippen molar-refractivity contribution in [1.82, 2.24) is 19.8 Å². The number of unbranched alkanes of at least 4 members (excludes halogenated alkanes) is 14. The van der Waals surface area contributed by atoms with Crippen LogP contribution in [-0.2, 0) is 23.8 Å². The molecule has 3 aliphatic heterocycles. The van der Waals surface area contributed by atoms with E-state index < -0.39 is 96.4 Å². The number of carboxylic acids is 1. The number of nitrogens with one attached hydrogen (secondary N) is 2. The van der Waals surface area contributed by atoms with Gasteiger partial charge in [0.15, 0.2) is 12.5 Å². The molecule has 314 valence electrons. The van der Waals surface area contributed by atoms with Gasteiger partial charge in [-0.3, -0.25) is 19.1 Å². The number of rotatable bonds is 23. The van der Waals surface area contributed by atoms with Crippen molar-refractivity contribution in [2.75, 3.05) is 20.1 Å². The highest BCUT2D eigenvalue weighted by atomic mass is 16.7. The second-order valence-electron chi connectivity index (χ2n) is 15.5. The van der Waals surface area contributed by atoms with Gasteiger partial charge in [0.25, 0.3) is 5.56 Å². The van der Waals surface area contributed by atoms with Crippen molar-refractivity contribution in [2.24, 2.45) is 11.7 Å². The minimum atomic E-state index is -1.78. The molecule has 17 nitrogen and oxygen atoms in total. The number of carbonyl (C=O) groups excluding carboxylic acids is 1. The van der Waals surface area contributed by atoms with Crippen molar-refractivity contribution < 1.29 is 49.3 Å². The van der Waals surface area contributed by atoms with E-state index in [-0.39, 0.29) is 13.1 Å². The Morgan fingerprint density at radius 1 is 0.873 bits per heavy atom. The Hall–Kier alpha value is -2.74. The van der Waals surface area contributed by atoms with Crippen LogP contribution in [0.3, 0.4) is 0 Å². The Kier molecular flexibility index (Phi) is 18.2. The van der Waals surface area contributed by atoms with Crippen LogP contribution in [0.4, 0.5) is 0 Å². The molecule has 0 unspecified atom stereocenters. The topological polar surface area (TPSA) is 259 Å². The minimum Gasteiger partial charge on any atom is -0.480 e. The van der Waals surface area contributed by atoms with Crippen molar-refractivity contribution in [3.8, 4) is 0 Å². The number of aliphatic hydroxyl groups is 4. The number of nitrogens with zero attached hydrogens (tertiary/aromatic N) is 2. The van der Waals surface area contributed by atoms with Gasteiger partial charge in [0.2, 0.25) is 5.91 Å². The van der Waals surface area contributed by atoms with Gasteiger partial charge < -0.3 is 55.7 Å². The number of carboxylic acid groups (broad SMARTS) is 1. The van der Waals surface area contributed by atoms with E-state index >= 15 is 0 Å². The van der Waals surface area contributed by atoms with Crippen molar-refractivity contribution in [3.05, 3.63) is 33.1 Å². The molecule has 0 aromatic carbocycles. The number of hydrogen-bond acceptors (Lipinski definition) is 13. The smallest absolute Gasteiger partial charge is 0.330 e. The molecular formula is C38H65N5O12. The van der Waals surface area contributed by atoms with Gasteiger partial charge in [-0.1, -0.05) is 103 Å². The standard InChI is InChI=1S/C38H65N5O12/c1-3-4-5-6-7-8-9-10-11-12-13-14-15-16-17-18-23-22-40-26(34(49)42(2)27(23)36(50)51)32(55-37-31(48)28(45)24(21-39)53-37)33-29(46)30(47)35(54-33)43-20-19-25(44)41-38(43)52/h19-20,23-24,26-33,35,37,40,45-48H,3-18,21-22,39H2,1-2H3,(H,50,51)(H,41,44,52)/t23-,24+,26-,27-,28+,29-,30+,31+,32-,33-,35+,37-/m0/s1. The lowest BCUT2D eigenvalue weighted by atomic mass is 9.92. The van der Waals surface area contributed by atoms with Crippen molar-refractivity contribution in [2.45, 2.75) is 177 Å². The van der Waals surface area contributed by atoms with Gasteiger partial charge in [0, 0.05) is 38.3 Å². The number of nitrogens with two attached hydrogens (primary N) is 1. The summed E-state index contributed by atoms with van der Waals surface area (Å²) in [5, 5.41) is 57.0. The van der Waals surface area contributed by atoms with E-state index in [1.165, 1.54) is 77.7 Å². The molecule has 4 heterocycles. The van der Waals surface area contributed by atoms with Crippen molar-refractivity contribution >= 4 is 11.9 Å². The number of hydrogen-bond donors (Lipinski definition) is 8. The zero-order chi connectivity index (χ0) is 40.1. The number of aromatic amines is 1. The van der Waals surface area contributed by atoms with Gasteiger partial charge in [-0.2, -0.15) is 0 Å². The Balaban J connectivity index is 1.39. The molecule has 4 rings (SSSR count). The van der Waals surface area contributed by atoms with Crippen LogP contribution in [0.15, 0.2) is 21.9 Å². The first-order chi connectivity index (χ1) is 26.4. The molecule has 0 spiro atoms. The summed E-state index contributed by atoms with van der Waals surface area (Å²) >= 11 is 0. The maximum atomic E-state index is 14.1. The minimum absolute atomic E-state index is 0.0620. The Morgan fingerprint density at radius 2 is 1.45 bits per heavy atom. The Morgan fingerprint density at radius 3 is 1.98 bits per heavy atom. The summed E-state index contributed by atoms with van der Waals surface area (Å²) in [5.41, 5.74) is 4.06. The van der Waals surface area contributed by atoms with Crippen LogP contribution in [0.1, 0.15) is 116 Å². The summed E-state index contributed by atoms with van der Waals surface area (Å²) in [6.45, 7) is 2.12. The molecule has 9 N–H and O–H groups in total. The predicted molar refractivity (Wildman–Crippen MR) is 201 cm³/mol. The fraction of sp³-hybridized carbons (Fsp3) is 0.842. The third kappa shape index (κ3) is 11.9. The average molecular weight is 784 g/mol. The highest BCUT2D eigenvalue weighted by Gasteiger charge is 2.55.